The molecule has 0 bridgehead atoms. The van der Waals surface area contributed by atoms with Gasteiger partial charge in [-0.25, -0.2) is 9.97 Å². The Hall–Kier alpha value is -3.18. The molecule has 0 spiro atoms. The van der Waals surface area contributed by atoms with Crippen molar-refractivity contribution in [2.75, 3.05) is 11.9 Å². The summed E-state index contributed by atoms with van der Waals surface area (Å²) in [5.41, 5.74) is 3.45. The normalized spacial score (nSPS) is 16.6. The van der Waals surface area contributed by atoms with Gasteiger partial charge in [-0.05, 0) is 72.5 Å². The first-order chi connectivity index (χ1) is 14.5. The van der Waals surface area contributed by atoms with Crippen molar-refractivity contribution in [3.05, 3.63) is 78.6 Å². The number of hydrogen-bond donors (Lipinski definition) is 2. The van der Waals surface area contributed by atoms with E-state index in [2.05, 4.69) is 53.5 Å². The number of aromatic nitrogens is 2. The molecule has 5 nitrogen and oxygen atoms in total. The second-order valence-corrected chi connectivity index (χ2v) is 8.56. The van der Waals surface area contributed by atoms with Crippen LogP contribution in [0.1, 0.15) is 32.8 Å². The van der Waals surface area contributed by atoms with Crippen LogP contribution in [0.4, 0.5) is 11.5 Å². The lowest BCUT2D eigenvalue weighted by Crippen LogP contribution is -2.41. The van der Waals surface area contributed by atoms with Crippen LogP contribution in [0, 0.1) is 5.41 Å². The van der Waals surface area contributed by atoms with Gasteiger partial charge in [-0.2, -0.15) is 0 Å². The second kappa shape index (κ2) is 8.67. The van der Waals surface area contributed by atoms with Crippen LogP contribution >= 0.6 is 0 Å². The fourth-order valence-electron chi connectivity index (χ4n) is 3.51. The molecule has 0 fully saturated rings. The molecule has 0 aliphatic carbocycles. The Labute approximate surface area is 178 Å². The summed E-state index contributed by atoms with van der Waals surface area (Å²) in [5, 5.41) is 6.88. The van der Waals surface area contributed by atoms with Crippen LogP contribution in [0.2, 0.25) is 0 Å². The van der Waals surface area contributed by atoms with Crippen molar-refractivity contribution in [3.63, 3.8) is 0 Å². The Kier molecular flexibility index (Phi) is 5.81. The topological polar surface area (TPSA) is 59.1 Å². The van der Waals surface area contributed by atoms with Crippen molar-refractivity contribution < 1.29 is 4.74 Å². The third kappa shape index (κ3) is 4.86. The van der Waals surface area contributed by atoms with E-state index >= 15 is 0 Å². The molecule has 5 heteroatoms. The minimum Gasteiger partial charge on any atom is -0.438 e. The highest BCUT2D eigenvalue weighted by Crippen LogP contribution is 2.34. The Morgan fingerprint density at radius 2 is 1.77 bits per heavy atom. The predicted octanol–water partition coefficient (Wildman–Crippen LogP) is 5.80. The molecule has 1 aliphatic rings. The van der Waals surface area contributed by atoms with E-state index in [1.54, 1.807) is 12.4 Å². The van der Waals surface area contributed by atoms with Crippen molar-refractivity contribution in [2.45, 2.75) is 33.2 Å². The van der Waals surface area contributed by atoms with Crippen molar-refractivity contribution in [1.82, 2.24) is 15.3 Å². The SMILES string of the molecule is CC(C)(C)C1C=C(c2cccnc2Oc2ccc(Nc3ccccn3)cc2)CCN1. The van der Waals surface area contributed by atoms with Gasteiger partial charge in [-0.15, -0.1) is 0 Å². The van der Waals surface area contributed by atoms with Gasteiger partial charge in [0.05, 0.1) is 0 Å². The Morgan fingerprint density at radius 3 is 2.50 bits per heavy atom. The van der Waals surface area contributed by atoms with Gasteiger partial charge in [0.1, 0.15) is 11.6 Å². The number of benzene rings is 1. The maximum Gasteiger partial charge on any atom is 0.226 e. The van der Waals surface area contributed by atoms with E-state index in [0.717, 1.165) is 35.8 Å². The number of hydrogen-bond acceptors (Lipinski definition) is 5. The van der Waals surface area contributed by atoms with Gasteiger partial charge in [-0.1, -0.05) is 32.9 Å². The summed E-state index contributed by atoms with van der Waals surface area (Å²) >= 11 is 0. The zero-order chi connectivity index (χ0) is 21.0. The van der Waals surface area contributed by atoms with Gasteiger partial charge in [0.15, 0.2) is 0 Å². The molecule has 4 rings (SSSR count). The molecule has 0 saturated carbocycles. The second-order valence-electron chi connectivity index (χ2n) is 8.56. The molecule has 1 unspecified atom stereocenters. The fraction of sp³-hybridized carbons (Fsp3) is 0.280. The smallest absolute Gasteiger partial charge is 0.226 e. The number of pyridine rings is 2. The largest absolute Gasteiger partial charge is 0.438 e. The first-order valence-electron chi connectivity index (χ1n) is 10.3. The van der Waals surface area contributed by atoms with E-state index < -0.39 is 0 Å². The van der Waals surface area contributed by atoms with E-state index in [-0.39, 0.29) is 5.41 Å². The van der Waals surface area contributed by atoms with Gasteiger partial charge in [0.25, 0.3) is 0 Å². The van der Waals surface area contributed by atoms with E-state index in [4.69, 9.17) is 4.74 Å². The summed E-state index contributed by atoms with van der Waals surface area (Å²) in [4.78, 5) is 8.80. The third-order valence-corrected chi connectivity index (χ3v) is 5.18. The maximum absolute atomic E-state index is 6.17. The van der Waals surface area contributed by atoms with Crippen LogP contribution in [0.3, 0.4) is 0 Å². The molecule has 30 heavy (non-hydrogen) atoms. The lowest BCUT2D eigenvalue weighted by molar-refractivity contribution is 0.310. The summed E-state index contributed by atoms with van der Waals surface area (Å²) in [5.74, 6) is 2.21. The van der Waals surface area contributed by atoms with Crippen LogP contribution in [-0.4, -0.2) is 22.6 Å². The number of anilines is 2. The maximum atomic E-state index is 6.17. The van der Waals surface area contributed by atoms with Gasteiger partial charge < -0.3 is 15.4 Å². The van der Waals surface area contributed by atoms with Crippen molar-refractivity contribution in [2.24, 2.45) is 5.41 Å². The average molecular weight is 401 g/mol. The molecular weight excluding hydrogens is 372 g/mol. The molecule has 1 atom stereocenters. The summed E-state index contributed by atoms with van der Waals surface area (Å²) in [7, 11) is 0. The molecule has 154 valence electrons. The van der Waals surface area contributed by atoms with E-state index in [1.165, 1.54) is 5.57 Å². The third-order valence-electron chi connectivity index (χ3n) is 5.18. The van der Waals surface area contributed by atoms with Gasteiger partial charge in [0, 0.05) is 29.7 Å². The molecule has 3 aromatic rings. The van der Waals surface area contributed by atoms with Crippen LogP contribution in [0.5, 0.6) is 11.6 Å². The first-order valence-corrected chi connectivity index (χ1v) is 10.3. The zero-order valence-corrected chi connectivity index (χ0v) is 17.7. The number of ether oxygens (including phenoxy) is 1. The number of nitrogens with one attached hydrogen (secondary N) is 2. The Morgan fingerprint density at radius 1 is 0.967 bits per heavy atom. The molecule has 1 aliphatic heterocycles. The van der Waals surface area contributed by atoms with Crippen molar-refractivity contribution in [3.8, 4) is 11.6 Å². The molecule has 2 N–H and O–H groups in total. The highest BCUT2D eigenvalue weighted by Gasteiger charge is 2.26. The van der Waals surface area contributed by atoms with Gasteiger partial charge in [0.2, 0.25) is 5.88 Å². The first kappa shape index (κ1) is 20.1. The lowest BCUT2D eigenvalue weighted by Gasteiger charge is -2.33. The zero-order valence-electron chi connectivity index (χ0n) is 17.7. The predicted molar refractivity (Wildman–Crippen MR) is 122 cm³/mol. The fourth-order valence-corrected chi connectivity index (χ4v) is 3.51. The van der Waals surface area contributed by atoms with Crippen molar-refractivity contribution >= 4 is 17.1 Å². The van der Waals surface area contributed by atoms with Crippen LogP contribution in [0.25, 0.3) is 5.57 Å². The standard InChI is InChI=1S/C25H28N4O/c1-25(2,3)22-17-18(13-16-26-22)21-7-6-15-28-24(21)30-20-11-9-19(10-12-20)29-23-8-4-5-14-27-23/h4-12,14-15,17,22,26H,13,16H2,1-3H3,(H,27,29). The summed E-state index contributed by atoms with van der Waals surface area (Å²) in [6, 6.07) is 18.0. The Balaban J connectivity index is 1.53. The van der Waals surface area contributed by atoms with Crippen molar-refractivity contribution in [1.29, 1.82) is 0 Å². The van der Waals surface area contributed by atoms with E-state index in [0.29, 0.717) is 11.9 Å². The molecule has 2 aromatic heterocycles. The van der Waals surface area contributed by atoms with Crippen LogP contribution in [-0.2, 0) is 0 Å². The monoisotopic (exact) mass is 400 g/mol. The number of nitrogens with zero attached hydrogens (tertiary/aromatic N) is 2. The quantitative estimate of drug-likeness (QED) is 0.566. The molecule has 0 saturated heterocycles. The van der Waals surface area contributed by atoms with Gasteiger partial charge >= 0.3 is 0 Å². The molecule has 0 radical (unpaired) electrons. The summed E-state index contributed by atoms with van der Waals surface area (Å²) in [6.45, 7) is 7.72. The highest BCUT2D eigenvalue weighted by atomic mass is 16.5. The average Bonchev–Trinajstić information content (AvgIpc) is 2.76. The van der Waals surface area contributed by atoms with Gasteiger partial charge in [-0.3, -0.25) is 0 Å². The minimum atomic E-state index is 0.158. The van der Waals surface area contributed by atoms with Crippen LogP contribution in [0.15, 0.2) is 73.1 Å². The van der Waals surface area contributed by atoms with E-state index in [1.807, 2.05) is 48.5 Å². The molecular formula is C25H28N4O. The Bertz CT molecular complexity index is 1010. The summed E-state index contributed by atoms with van der Waals surface area (Å²) in [6.07, 6.45) is 6.83. The minimum absolute atomic E-state index is 0.158. The molecule has 3 heterocycles. The molecule has 0 amide bonds. The van der Waals surface area contributed by atoms with E-state index in [9.17, 15) is 0 Å². The van der Waals surface area contributed by atoms with Crippen LogP contribution < -0.4 is 15.4 Å². The number of rotatable bonds is 5. The molecule has 1 aromatic carbocycles. The summed E-state index contributed by atoms with van der Waals surface area (Å²) < 4.78 is 6.17. The lowest BCUT2D eigenvalue weighted by atomic mass is 9.82. The highest BCUT2D eigenvalue weighted by molar-refractivity contribution is 5.71.